The number of para-hydroxylation sites is 1. The van der Waals surface area contributed by atoms with Crippen LogP contribution in [0.5, 0.6) is 0 Å². The van der Waals surface area contributed by atoms with E-state index in [2.05, 4.69) is 10.3 Å². The van der Waals surface area contributed by atoms with Crippen molar-refractivity contribution in [2.24, 2.45) is 0 Å². The summed E-state index contributed by atoms with van der Waals surface area (Å²) in [5.74, 6) is -0.356. The second-order valence-electron chi connectivity index (χ2n) is 7.11. The second kappa shape index (κ2) is 9.41. The number of hydrogen-bond acceptors (Lipinski definition) is 7. The maximum Gasteiger partial charge on any atom is 0.250 e. The van der Waals surface area contributed by atoms with Crippen LogP contribution in [0.4, 0.5) is 5.69 Å². The van der Waals surface area contributed by atoms with Crippen LogP contribution in [0.3, 0.4) is 0 Å². The van der Waals surface area contributed by atoms with E-state index in [0.717, 1.165) is 20.8 Å². The van der Waals surface area contributed by atoms with Crippen LogP contribution in [0.25, 0.3) is 10.2 Å². The first-order valence-electron chi connectivity index (χ1n) is 9.84. The number of nitrogens with zero attached hydrogens (tertiary/aromatic N) is 2. The van der Waals surface area contributed by atoms with Crippen LogP contribution in [-0.4, -0.2) is 56.5 Å². The average Bonchev–Trinajstić information content (AvgIpc) is 3.18. The van der Waals surface area contributed by atoms with Crippen LogP contribution >= 0.6 is 11.3 Å². The van der Waals surface area contributed by atoms with Crippen molar-refractivity contribution in [1.29, 1.82) is 0 Å². The predicted molar refractivity (Wildman–Crippen MR) is 119 cm³/mol. The summed E-state index contributed by atoms with van der Waals surface area (Å²) in [7, 11) is -3.64. The van der Waals surface area contributed by atoms with E-state index in [-0.39, 0.29) is 24.0 Å². The fourth-order valence-corrected chi connectivity index (χ4v) is 5.57. The van der Waals surface area contributed by atoms with E-state index in [9.17, 15) is 13.2 Å². The molecule has 2 heterocycles. The van der Waals surface area contributed by atoms with Crippen molar-refractivity contribution in [2.45, 2.75) is 18.4 Å². The van der Waals surface area contributed by atoms with Gasteiger partial charge in [0.05, 0.1) is 34.9 Å². The first kappa shape index (κ1) is 21.8. The summed E-state index contributed by atoms with van der Waals surface area (Å²) >= 11 is 1.53. The molecule has 8 nitrogen and oxygen atoms in total. The van der Waals surface area contributed by atoms with Crippen molar-refractivity contribution >= 4 is 43.2 Å². The first-order valence-corrected chi connectivity index (χ1v) is 12.1. The van der Waals surface area contributed by atoms with Gasteiger partial charge in [0, 0.05) is 18.8 Å². The lowest BCUT2D eigenvalue weighted by Gasteiger charge is -2.26. The van der Waals surface area contributed by atoms with Crippen molar-refractivity contribution in [3.63, 3.8) is 0 Å². The van der Waals surface area contributed by atoms with Crippen LogP contribution in [-0.2, 0) is 30.9 Å². The zero-order valence-corrected chi connectivity index (χ0v) is 18.7. The highest BCUT2D eigenvalue weighted by molar-refractivity contribution is 7.89. The van der Waals surface area contributed by atoms with Gasteiger partial charge in [-0.1, -0.05) is 18.2 Å². The number of fused-ring (bicyclic) bond motifs is 1. The number of nitrogens with one attached hydrogen (secondary N) is 1. The Morgan fingerprint density at radius 1 is 1.23 bits per heavy atom. The molecule has 0 aliphatic carbocycles. The molecular weight excluding hydrogens is 438 g/mol. The van der Waals surface area contributed by atoms with E-state index in [0.29, 0.717) is 32.0 Å². The molecule has 0 bridgehead atoms. The molecule has 1 amide bonds. The maximum absolute atomic E-state index is 12.9. The molecule has 1 fully saturated rings. The van der Waals surface area contributed by atoms with Crippen molar-refractivity contribution < 1.29 is 22.7 Å². The normalized spacial score (nSPS) is 15.3. The fourth-order valence-electron chi connectivity index (χ4n) is 3.23. The Morgan fingerprint density at radius 3 is 2.77 bits per heavy atom. The summed E-state index contributed by atoms with van der Waals surface area (Å²) in [4.78, 5) is 17.0. The third-order valence-electron chi connectivity index (χ3n) is 4.89. The molecule has 1 aromatic heterocycles. The predicted octanol–water partition coefficient (Wildman–Crippen LogP) is 2.78. The third kappa shape index (κ3) is 5.10. The number of benzene rings is 2. The second-order valence-corrected chi connectivity index (χ2v) is 10.2. The summed E-state index contributed by atoms with van der Waals surface area (Å²) < 4.78 is 38.9. The first-order chi connectivity index (χ1) is 14.9. The number of amides is 1. The van der Waals surface area contributed by atoms with Gasteiger partial charge in [-0.05, 0) is 36.8 Å². The standard InChI is InChI=1S/C21H23N3O5S2/c1-15-6-7-16(31(26,27)24-8-10-28-11-9-24)12-18(15)22-20(25)13-29-14-21-23-17-4-2-3-5-19(17)30-21/h2-7,12H,8-11,13-14H2,1H3,(H,22,25). The lowest BCUT2D eigenvalue weighted by molar-refractivity contribution is -0.121. The Kier molecular flexibility index (Phi) is 6.63. The number of rotatable bonds is 7. The summed E-state index contributed by atoms with van der Waals surface area (Å²) in [6.07, 6.45) is 0. The third-order valence-corrected chi connectivity index (χ3v) is 7.79. The number of aromatic nitrogens is 1. The summed E-state index contributed by atoms with van der Waals surface area (Å²) in [5, 5.41) is 3.55. The van der Waals surface area contributed by atoms with E-state index in [1.165, 1.54) is 21.7 Å². The molecule has 164 valence electrons. The van der Waals surface area contributed by atoms with E-state index in [1.54, 1.807) is 12.1 Å². The molecule has 1 saturated heterocycles. The summed E-state index contributed by atoms with van der Waals surface area (Å²) in [6.45, 7) is 3.27. The van der Waals surface area contributed by atoms with Gasteiger partial charge in [-0.2, -0.15) is 4.31 Å². The molecule has 1 N–H and O–H groups in total. The molecule has 31 heavy (non-hydrogen) atoms. The van der Waals surface area contributed by atoms with Gasteiger partial charge in [0.1, 0.15) is 11.6 Å². The fraction of sp³-hybridized carbons (Fsp3) is 0.333. The Labute approximate surface area is 184 Å². The van der Waals surface area contributed by atoms with Crippen LogP contribution in [0.2, 0.25) is 0 Å². The van der Waals surface area contributed by atoms with E-state index in [4.69, 9.17) is 9.47 Å². The topological polar surface area (TPSA) is 97.8 Å². The average molecular weight is 462 g/mol. The molecule has 0 atom stereocenters. The number of anilines is 1. The lowest BCUT2D eigenvalue weighted by atomic mass is 10.2. The molecule has 3 aromatic rings. The molecule has 2 aromatic carbocycles. The molecule has 0 radical (unpaired) electrons. The molecule has 4 rings (SSSR count). The minimum atomic E-state index is -3.64. The van der Waals surface area contributed by atoms with Gasteiger partial charge in [-0.3, -0.25) is 4.79 Å². The Bertz CT molecular complexity index is 1150. The summed E-state index contributed by atoms with van der Waals surface area (Å²) in [6, 6.07) is 12.5. The van der Waals surface area contributed by atoms with Crippen LogP contribution in [0, 0.1) is 6.92 Å². The van der Waals surface area contributed by atoms with Crippen molar-refractivity contribution in [1.82, 2.24) is 9.29 Å². The van der Waals surface area contributed by atoms with Gasteiger partial charge in [0.2, 0.25) is 15.9 Å². The van der Waals surface area contributed by atoms with Crippen LogP contribution < -0.4 is 5.32 Å². The minimum absolute atomic E-state index is 0.144. The van der Waals surface area contributed by atoms with Crippen molar-refractivity contribution in [3.8, 4) is 0 Å². The van der Waals surface area contributed by atoms with Gasteiger partial charge >= 0.3 is 0 Å². The minimum Gasteiger partial charge on any atom is -0.379 e. The molecule has 1 aliphatic heterocycles. The van der Waals surface area contributed by atoms with Gasteiger partial charge in [0.15, 0.2) is 0 Å². The van der Waals surface area contributed by atoms with Gasteiger partial charge < -0.3 is 14.8 Å². The number of aryl methyl sites for hydroxylation is 1. The van der Waals surface area contributed by atoms with E-state index in [1.807, 2.05) is 31.2 Å². The number of morpholine rings is 1. The van der Waals surface area contributed by atoms with E-state index >= 15 is 0 Å². The zero-order valence-electron chi connectivity index (χ0n) is 17.0. The highest BCUT2D eigenvalue weighted by atomic mass is 32.2. The highest BCUT2D eigenvalue weighted by Crippen LogP contribution is 2.24. The van der Waals surface area contributed by atoms with Gasteiger partial charge in [0.25, 0.3) is 0 Å². The monoisotopic (exact) mass is 461 g/mol. The molecule has 0 spiro atoms. The van der Waals surface area contributed by atoms with Crippen molar-refractivity contribution in [3.05, 3.63) is 53.0 Å². The van der Waals surface area contributed by atoms with Crippen LogP contribution in [0.15, 0.2) is 47.4 Å². The SMILES string of the molecule is Cc1ccc(S(=O)(=O)N2CCOCC2)cc1NC(=O)COCc1nc2ccccc2s1. The Hall–Kier alpha value is -2.37. The summed E-state index contributed by atoms with van der Waals surface area (Å²) in [5.41, 5.74) is 2.12. The number of carbonyl (C=O) groups is 1. The quantitative estimate of drug-likeness (QED) is 0.581. The molecule has 1 aliphatic rings. The number of hydrogen-bond donors (Lipinski definition) is 1. The van der Waals surface area contributed by atoms with Crippen molar-refractivity contribution in [2.75, 3.05) is 38.2 Å². The Morgan fingerprint density at radius 2 is 2.00 bits per heavy atom. The number of thiazole rings is 1. The molecular formula is C21H23N3O5S2. The lowest BCUT2D eigenvalue weighted by Crippen LogP contribution is -2.40. The molecule has 10 heteroatoms. The highest BCUT2D eigenvalue weighted by Gasteiger charge is 2.26. The largest absolute Gasteiger partial charge is 0.379 e. The van der Waals surface area contributed by atoms with E-state index < -0.39 is 10.0 Å². The van der Waals surface area contributed by atoms with Crippen LogP contribution in [0.1, 0.15) is 10.6 Å². The number of carbonyl (C=O) groups excluding carboxylic acids is 1. The number of ether oxygens (including phenoxy) is 2. The molecule has 0 unspecified atom stereocenters. The number of sulfonamides is 1. The Balaban J connectivity index is 1.37. The van der Waals surface area contributed by atoms with Gasteiger partial charge in [-0.25, -0.2) is 13.4 Å². The van der Waals surface area contributed by atoms with Gasteiger partial charge in [-0.15, -0.1) is 11.3 Å². The maximum atomic E-state index is 12.9. The zero-order chi connectivity index (χ0) is 21.8. The molecule has 0 saturated carbocycles. The smallest absolute Gasteiger partial charge is 0.250 e.